The van der Waals surface area contributed by atoms with Crippen LogP contribution in [0.5, 0.6) is 17.2 Å². The fourth-order valence-electron chi connectivity index (χ4n) is 5.06. The van der Waals surface area contributed by atoms with E-state index in [4.69, 9.17) is 14.2 Å². The number of nitrogens with zero attached hydrogens (tertiary/aromatic N) is 1. The monoisotopic (exact) mass is 470 g/mol. The lowest BCUT2D eigenvalue weighted by Crippen LogP contribution is -2.42. The lowest BCUT2D eigenvalue weighted by Gasteiger charge is -2.23. The smallest absolute Gasteiger partial charge is 0.251 e. The summed E-state index contributed by atoms with van der Waals surface area (Å²) >= 11 is 0. The Morgan fingerprint density at radius 1 is 0.971 bits per heavy atom. The Bertz CT molecular complexity index is 1330. The van der Waals surface area contributed by atoms with Gasteiger partial charge >= 0.3 is 0 Å². The number of hydrogen-bond acceptors (Lipinski definition) is 5. The summed E-state index contributed by atoms with van der Waals surface area (Å²) in [5.41, 5.74) is 3.21. The molecule has 3 heterocycles. The minimum absolute atomic E-state index is 0.0323. The third-order valence-corrected chi connectivity index (χ3v) is 6.87. The zero-order valence-corrected chi connectivity index (χ0v) is 19.7. The number of nitrogens with one attached hydrogen (secondary N) is 1. The Kier molecular flexibility index (Phi) is 4.95. The third-order valence-electron chi connectivity index (χ3n) is 6.87. The molecule has 178 valence electrons. The van der Waals surface area contributed by atoms with Crippen LogP contribution in [0.1, 0.15) is 40.9 Å². The number of carbonyl (C=O) groups is 2. The zero-order chi connectivity index (χ0) is 24.2. The highest BCUT2D eigenvalue weighted by atomic mass is 16.7. The number of anilines is 1. The first kappa shape index (κ1) is 21.5. The molecule has 3 aliphatic rings. The van der Waals surface area contributed by atoms with Crippen LogP contribution in [0.25, 0.3) is 0 Å². The van der Waals surface area contributed by atoms with Gasteiger partial charge in [0.25, 0.3) is 5.91 Å². The van der Waals surface area contributed by atoms with Crippen molar-refractivity contribution in [3.8, 4) is 17.2 Å². The summed E-state index contributed by atoms with van der Waals surface area (Å²) < 4.78 is 17.1. The van der Waals surface area contributed by atoms with E-state index >= 15 is 0 Å². The fourth-order valence-corrected chi connectivity index (χ4v) is 5.06. The van der Waals surface area contributed by atoms with Gasteiger partial charge in [-0.15, -0.1) is 0 Å². The molecule has 1 unspecified atom stereocenters. The minimum atomic E-state index is -0.927. The van der Waals surface area contributed by atoms with Gasteiger partial charge in [-0.2, -0.15) is 0 Å². The summed E-state index contributed by atoms with van der Waals surface area (Å²) in [5.74, 6) is 2.17. The maximum absolute atomic E-state index is 14.1. The summed E-state index contributed by atoms with van der Waals surface area (Å²) in [6.07, 6.45) is 0. The first-order valence-corrected chi connectivity index (χ1v) is 11.8. The molecule has 0 aliphatic carbocycles. The highest BCUT2D eigenvalue weighted by Crippen LogP contribution is 2.55. The van der Waals surface area contributed by atoms with Crippen molar-refractivity contribution in [2.75, 3.05) is 24.8 Å². The lowest BCUT2D eigenvalue weighted by atomic mass is 9.77. The van der Waals surface area contributed by atoms with Gasteiger partial charge in [-0.05, 0) is 41.3 Å². The molecule has 0 saturated carbocycles. The molecule has 0 radical (unpaired) electrons. The van der Waals surface area contributed by atoms with E-state index in [2.05, 4.69) is 19.2 Å². The summed E-state index contributed by atoms with van der Waals surface area (Å²) in [5, 5.41) is 2.93. The van der Waals surface area contributed by atoms with Gasteiger partial charge in [0.2, 0.25) is 12.7 Å². The van der Waals surface area contributed by atoms with Crippen molar-refractivity contribution in [2.24, 2.45) is 5.92 Å². The molecule has 1 spiro atoms. The predicted octanol–water partition coefficient (Wildman–Crippen LogP) is 4.03. The minimum Gasteiger partial charge on any atom is -0.491 e. The summed E-state index contributed by atoms with van der Waals surface area (Å²) in [6, 6.07) is 19.0. The molecular formula is C28H26N2O5. The van der Waals surface area contributed by atoms with E-state index in [1.165, 1.54) is 0 Å². The standard InChI is InChI=1S/C28H26N2O5/c1-17(2)13-29-26(31)19-9-7-18(8-10-19)14-30-22-6-4-3-5-20(22)28(27(30)32)15-33-23-12-25-24(11-21(23)28)34-16-35-25/h3-12,17H,13-16H2,1-2H3,(H,29,31). The van der Waals surface area contributed by atoms with Gasteiger partial charge in [0.1, 0.15) is 17.8 Å². The van der Waals surface area contributed by atoms with Gasteiger partial charge in [-0.3, -0.25) is 9.59 Å². The van der Waals surface area contributed by atoms with Crippen molar-refractivity contribution in [3.05, 3.63) is 82.9 Å². The van der Waals surface area contributed by atoms with Crippen molar-refractivity contribution in [3.63, 3.8) is 0 Å². The predicted molar refractivity (Wildman–Crippen MR) is 130 cm³/mol. The van der Waals surface area contributed by atoms with Gasteiger partial charge in [-0.25, -0.2) is 0 Å². The summed E-state index contributed by atoms with van der Waals surface area (Å²) in [7, 11) is 0. The number of rotatable bonds is 5. The second-order valence-corrected chi connectivity index (χ2v) is 9.60. The molecule has 3 aromatic rings. The molecule has 0 aromatic heterocycles. The van der Waals surface area contributed by atoms with E-state index in [1.54, 1.807) is 0 Å². The number of amides is 2. The first-order chi connectivity index (χ1) is 17.0. The van der Waals surface area contributed by atoms with Crippen molar-refractivity contribution >= 4 is 17.5 Å². The molecule has 0 fully saturated rings. The quantitative estimate of drug-likeness (QED) is 0.609. The molecule has 3 aromatic carbocycles. The molecule has 2 amide bonds. The van der Waals surface area contributed by atoms with Gasteiger partial charge < -0.3 is 24.4 Å². The van der Waals surface area contributed by atoms with E-state index in [-0.39, 0.29) is 25.2 Å². The van der Waals surface area contributed by atoms with E-state index in [1.807, 2.05) is 65.6 Å². The SMILES string of the molecule is CC(C)CNC(=O)c1ccc(CN2C(=O)C3(COc4cc5c(cc43)OCO5)c3ccccc32)cc1. The van der Waals surface area contributed by atoms with Crippen LogP contribution in [-0.2, 0) is 16.8 Å². The molecule has 6 rings (SSSR count). The van der Waals surface area contributed by atoms with Crippen molar-refractivity contribution in [2.45, 2.75) is 25.8 Å². The Hall–Kier alpha value is -4.00. The number of ether oxygens (including phenoxy) is 3. The van der Waals surface area contributed by atoms with E-state index in [9.17, 15) is 9.59 Å². The van der Waals surface area contributed by atoms with Crippen LogP contribution < -0.4 is 24.4 Å². The molecule has 7 heteroatoms. The van der Waals surface area contributed by atoms with Gasteiger partial charge in [-0.1, -0.05) is 44.2 Å². The van der Waals surface area contributed by atoms with Crippen molar-refractivity contribution in [1.29, 1.82) is 0 Å². The number of carbonyl (C=O) groups excluding carboxylic acids is 2. The molecule has 3 aliphatic heterocycles. The number of hydrogen-bond donors (Lipinski definition) is 1. The first-order valence-electron chi connectivity index (χ1n) is 11.8. The van der Waals surface area contributed by atoms with E-state index in [0.29, 0.717) is 41.8 Å². The van der Waals surface area contributed by atoms with Crippen LogP contribution in [0.15, 0.2) is 60.7 Å². The van der Waals surface area contributed by atoms with Crippen LogP contribution >= 0.6 is 0 Å². The summed E-state index contributed by atoms with van der Waals surface area (Å²) in [4.78, 5) is 28.3. The third kappa shape index (κ3) is 3.33. The lowest BCUT2D eigenvalue weighted by molar-refractivity contribution is -0.122. The number of para-hydroxylation sites is 1. The summed E-state index contributed by atoms with van der Waals surface area (Å²) in [6.45, 7) is 5.53. The van der Waals surface area contributed by atoms with E-state index in [0.717, 1.165) is 22.4 Å². The van der Waals surface area contributed by atoms with Gasteiger partial charge in [0.05, 0.1) is 6.54 Å². The highest BCUT2D eigenvalue weighted by molar-refractivity contribution is 6.11. The van der Waals surface area contributed by atoms with E-state index < -0.39 is 5.41 Å². The van der Waals surface area contributed by atoms with Crippen LogP contribution in [0.2, 0.25) is 0 Å². The molecule has 0 saturated heterocycles. The maximum Gasteiger partial charge on any atom is 0.251 e. The second kappa shape index (κ2) is 8.05. The van der Waals surface area contributed by atoms with Gasteiger partial charge in [0.15, 0.2) is 11.5 Å². The van der Waals surface area contributed by atoms with Crippen molar-refractivity contribution in [1.82, 2.24) is 5.32 Å². The van der Waals surface area contributed by atoms with Crippen LogP contribution in [0.4, 0.5) is 5.69 Å². The Morgan fingerprint density at radius 3 is 2.49 bits per heavy atom. The van der Waals surface area contributed by atoms with Crippen LogP contribution in [0.3, 0.4) is 0 Å². The Balaban J connectivity index is 1.31. The van der Waals surface area contributed by atoms with Crippen LogP contribution in [0, 0.1) is 5.92 Å². The number of fused-ring (bicyclic) bond motifs is 5. The van der Waals surface area contributed by atoms with Crippen LogP contribution in [-0.4, -0.2) is 31.8 Å². The molecule has 7 nitrogen and oxygen atoms in total. The molecule has 35 heavy (non-hydrogen) atoms. The highest BCUT2D eigenvalue weighted by Gasteiger charge is 2.57. The normalized spacial score (nSPS) is 19.2. The zero-order valence-electron chi connectivity index (χ0n) is 19.7. The molecule has 1 atom stereocenters. The number of benzene rings is 3. The average Bonchev–Trinajstić information content (AvgIpc) is 3.54. The van der Waals surface area contributed by atoms with Crippen molar-refractivity contribution < 1.29 is 23.8 Å². The second-order valence-electron chi connectivity index (χ2n) is 9.60. The molecular weight excluding hydrogens is 444 g/mol. The topological polar surface area (TPSA) is 77.1 Å². The maximum atomic E-state index is 14.1. The Morgan fingerprint density at radius 2 is 1.71 bits per heavy atom. The largest absolute Gasteiger partial charge is 0.491 e. The molecule has 1 N–H and O–H groups in total. The Labute approximate surface area is 203 Å². The fraction of sp³-hybridized carbons (Fsp3) is 0.286. The average molecular weight is 471 g/mol. The van der Waals surface area contributed by atoms with Gasteiger partial charge in [0, 0.05) is 29.4 Å². The molecule has 0 bridgehead atoms.